The van der Waals surface area contributed by atoms with Gasteiger partial charge in [-0.25, -0.2) is 0 Å². The van der Waals surface area contributed by atoms with Gasteiger partial charge in [-0.15, -0.1) is 0 Å². The maximum absolute atomic E-state index is 12.6. The van der Waals surface area contributed by atoms with E-state index in [4.69, 9.17) is 11.6 Å². The average molecular weight is 359 g/mol. The third-order valence-electron chi connectivity index (χ3n) is 4.62. The fourth-order valence-corrected chi connectivity index (χ4v) is 3.32. The van der Waals surface area contributed by atoms with E-state index in [0.717, 1.165) is 16.8 Å². The molecule has 0 saturated carbocycles. The SMILES string of the molecule is Cc1ccc(CC(=O)N2C[C@@H](C(=O)O)[C@H](c3ccc(Cl)cc3)C2)cn1. The van der Waals surface area contributed by atoms with E-state index < -0.39 is 11.9 Å². The number of rotatable bonds is 4. The van der Waals surface area contributed by atoms with Gasteiger partial charge in [0.25, 0.3) is 0 Å². The van der Waals surface area contributed by atoms with E-state index in [9.17, 15) is 14.7 Å². The number of amides is 1. The van der Waals surface area contributed by atoms with Crippen LogP contribution in [-0.4, -0.2) is 40.0 Å². The Balaban J connectivity index is 1.75. The molecule has 1 aliphatic rings. The number of aromatic nitrogens is 1. The van der Waals surface area contributed by atoms with Gasteiger partial charge in [0.05, 0.1) is 12.3 Å². The summed E-state index contributed by atoms with van der Waals surface area (Å²) in [6.07, 6.45) is 1.92. The summed E-state index contributed by atoms with van der Waals surface area (Å²) in [6, 6.07) is 10.9. The van der Waals surface area contributed by atoms with Crippen LogP contribution >= 0.6 is 11.6 Å². The number of carboxylic acid groups (broad SMARTS) is 1. The number of benzene rings is 1. The lowest BCUT2D eigenvalue weighted by Crippen LogP contribution is -2.31. The minimum absolute atomic E-state index is 0.0756. The van der Waals surface area contributed by atoms with E-state index in [1.165, 1.54) is 0 Å². The van der Waals surface area contributed by atoms with Crippen molar-refractivity contribution in [2.24, 2.45) is 5.92 Å². The number of nitrogens with zero attached hydrogens (tertiary/aromatic N) is 2. The van der Waals surface area contributed by atoms with Gasteiger partial charge in [0, 0.05) is 35.9 Å². The summed E-state index contributed by atoms with van der Waals surface area (Å²) in [5.74, 6) is -1.79. The van der Waals surface area contributed by atoms with E-state index in [1.807, 2.05) is 31.2 Å². The molecule has 1 amide bonds. The minimum atomic E-state index is -0.882. The van der Waals surface area contributed by atoms with Gasteiger partial charge in [0.1, 0.15) is 0 Å². The molecule has 1 aliphatic heterocycles. The number of aryl methyl sites for hydroxylation is 1. The van der Waals surface area contributed by atoms with Crippen LogP contribution in [0.3, 0.4) is 0 Å². The second-order valence-electron chi connectivity index (χ2n) is 6.39. The zero-order chi connectivity index (χ0) is 18.0. The molecule has 25 heavy (non-hydrogen) atoms. The molecular formula is C19H19ClN2O3. The molecule has 2 aromatic rings. The van der Waals surface area contributed by atoms with Crippen LogP contribution in [0.5, 0.6) is 0 Å². The van der Waals surface area contributed by atoms with Gasteiger partial charge in [0.15, 0.2) is 0 Å². The molecule has 1 aromatic carbocycles. The maximum atomic E-state index is 12.6. The molecule has 0 spiro atoms. The molecule has 2 atom stereocenters. The third-order valence-corrected chi connectivity index (χ3v) is 4.87. The number of hydrogen-bond acceptors (Lipinski definition) is 3. The van der Waals surface area contributed by atoms with Crippen LogP contribution in [0.4, 0.5) is 0 Å². The fraction of sp³-hybridized carbons (Fsp3) is 0.316. The second kappa shape index (κ2) is 7.23. The van der Waals surface area contributed by atoms with Gasteiger partial charge in [-0.2, -0.15) is 0 Å². The van der Waals surface area contributed by atoms with Crippen LogP contribution in [0.1, 0.15) is 22.7 Å². The Morgan fingerprint density at radius 1 is 1.20 bits per heavy atom. The lowest BCUT2D eigenvalue weighted by atomic mass is 9.89. The molecule has 0 bridgehead atoms. The highest BCUT2D eigenvalue weighted by Crippen LogP contribution is 2.33. The molecule has 2 heterocycles. The van der Waals surface area contributed by atoms with Crippen LogP contribution in [0, 0.1) is 12.8 Å². The number of carbonyl (C=O) groups excluding carboxylic acids is 1. The van der Waals surface area contributed by atoms with Crippen molar-refractivity contribution >= 4 is 23.5 Å². The van der Waals surface area contributed by atoms with Crippen LogP contribution in [-0.2, 0) is 16.0 Å². The molecule has 130 valence electrons. The largest absolute Gasteiger partial charge is 0.481 e. The number of carboxylic acids is 1. The van der Waals surface area contributed by atoms with Crippen molar-refractivity contribution in [2.75, 3.05) is 13.1 Å². The predicted octanol–water partition coefficient (Wildman–Crippen LogP) is 2.91. The first kappa shape index (κ1) is 17.4. The number of aliphatic carboxylic acids is 1. The Bertz CT molecular complexity index is 774. The topological polar surface area (TPSA) is 70.5 Å². The summed E-state index contributed by atoms with van der Waals surface area (Å²) < 4.78 is 0. The van der Waals surface area contributed by atoms with E-state index in [2.05, 4.69) is 4.98 Å². The number of likely N-dealkylation sites (tertiary alicyclic amines) is 1. The van der Waals surface area contributed by atoms with Gasteiger partial charge in [-0.05, 0) is 36.2 Å². The molecule has 1 N–H and O–H groups in total. The Hall–Kier alpha value is -2.40. The highest BCUT2D eigenvalue weighted by atomic mass is 35.5. The molecule has 0 unspecified atom stereocenters. The zero-order valence-corrected chi connectivity index (χ0v) is 14.6. The van der Waals surface area contributed by atoms with Crippen molar-refractivity contribution in [3.05, 3.63) is 64.4 Å². The highest BCUT2D eigenvalue weighted by Gasteiger charge is 2.40. The molecule has 3 rings (SSSR count). The van der Waals surface area contributed by atoms with Gasteiger partial charge in [0.2, 0.25) is 5.91 Å². The molecule has 1 saturated heterocycles. The van der Waals surface area contributed by atoms with Gasteiger partial charge >= 0.3 is 5.97 Å². The van der Waals surface area contributed by atoms with Gasteiger partial charge in [-0.3, -0.25) is 14.6 Å². The number of hydrogen-bond donors (Lipinski definition) is 1. The number of pyridine rings is 1. The summed E-state index contributed by atoms with van der Waals surface area (Å²) >= 11 is 5.91. The lowest BCUT2D eigenvalue weighted by molar-refractivity contribution is -0.141. The fourth-order valence-electron chi connectivity index (χ4n) is 3.19. The standard InChI is InChI=1S/C19H19ClN2O3/c1-12-2-3-13(9-21-12)8-18(23)22-10-16(17(11-22)19(24)25)14-4-6-15(20)7-5-14/h2-7,9,16-17H,8,10-11H2,1H3,(H,24,25)/t16-,17+/m0/s1. The monoisotopic (exact) mass is 358 g/mol. The Morgan fingerprint density at radius 3 is 2.52 bits per heavy atom. The van der Waals surface area contributed by atoms with E-state index in [1.54, 1.807) is 23.2 Å². The van der Waals surface area contributed by atoms with Crippen LogP contribution in [0.15, 0.2) is 42.6 Å². The first-order valence-electron chi connectivity index (χ1n) is 8.11. The Kier molecular flexibility index (Phi) is 5.04. The van der Waals surface area contributed by atoms with Crippen molar-refractivity contribution in [1.82, 2.24) is 9.88 Å². The van der Waals surface area contributed by atoms with Crippen molar-refractivity contribution < 1.29 is 14.7 Å². The molecule has 1 aromatic heterocycles. The molecule has 0 aliphatic carbocycles. The highest BCUT2D eigenvalue weighted by molar-refractivity contribution is 6.30. The smallest absolute Gasteiger partial charge is 0.308 e. The zero-order valence-electron chi connectivity index (χ0n) is 13.9. The maximum Gasteiger partial charge on any atom is 0.308 e. The first-order chi connectivity index (χ1) is 11.9. The summed E-state index contributed by atoms with van der Waals surface area (Å²) in [4.78, 5) is 30.1. The third kappa shape index (κ3) is 3.99. The van der Waals surface area contributed by atoms with Crippen LogP contribution in [0.2, 0.25) is 5.02 Å². The predicted molar refractivity (Wildman–Crippen MR) is 94.6 cm³/mol. The number of carbonyl (C=O) groups is 2. The minimum Gasteiger partial charge on any atom is -0.481 e. The molecule has 6 heteroatoms. The van der Waals surface area contributed by atoms with E-state index in [0.29, 0.717) is 11.6 Å². The van der Waals surface area contributed by atoms with Crippen molar-refractivity contribution in [2.45, 2.75) is 19.3 Å². The summed E-state index contributed by atoms with van der Waals surface area (Å²) in [5.41, 5.74) is 2.62. The van der Waals surface area contributed by atoms with E-state index >= 15 is 0 Å². The summed E-state index contributed by atoms with van der Waals surface area (Å²) in [6.45, 7) is 2.51. The van der Waals surface area contributed by atoms with Crippen molar-refractivity contribution in [1.29, 1.82) is 0 Å². The van der Waals surface area contributed by atoms with Crippen LogP contribution < -0.4 is 0 Å². The van der Waals surface area contributed by atoms with Crippen molar-refractivity contribution in [3.63, 3.8) is 0 Å². The molecule has 1 fully saturated rings. The Morgan fingerprint density at radius 2 is 1.92 bits per heavy atom. The molecular weight excluding hydrogens is 340 g/mol. The van der Waals surface area contributed by atoms with Gasteiger partial charge in [-0.1, -0.05) is 29.8 Å². The quantitative estimate of drug-likeness (QED) is 0.912. The van der Waals surface area contributed by atoms with E-state index in [-0.39, 0.29) is 24.8 Å². The Labute approximate surface area is 151 Å². The molecule has 0 radical (unpaired) electrons. The molecule has 5 nitrogen and oxygen atoms in total. The normalized spacial score (nSPS) is 19.8. The average Bonchev–Trinajstić information content (AvgIpc) is 3.03. The second-order valence-corrected chi connectivity index (χ2v) is 6.82. The first-order valence-corrected chi connectivity index (χ1v) is 8.49. The van der Waals surface area contributed by atoms with Crippen molar-refractivity contribution in [3.8, 4) is 0 Å². The summed E-state index contributed by atoms with van der Waals surface area (Å²) in [5, 5.41) is 10.2. The lowest BCUT2D eigenvalue weighted by Gasteiger charge is -2.16. The van der Waals surface area contributed by atoms with Gasteiger partial charge < -0.3 is 10.0 Å². The van der Waals surface area contributed by atoms with Crippen LogP contribution in [0.25, 0.3) is 0 Å². The summed E-state index contributed by atoms with van der Waals surface area (Å²) in [7, 11) is 0. The number of halogens is 1.